The van der Waals surface area contributed by atoms with Crippen LogP contribution < -0.4 is 10.9 Å². The molecule has 0 atom stereocenters. The van der Waals surface area contributed by atoms with Gasteiger partial charge in [-0.3, -0.25) is 19.1 Å². The van der Waals surface area contributed by atoms with Gasteiger partial charge in [0.25, 0.3) is 11.5 Å². The lowest BCUT2D eigenvalue weighted by molar-refractivity contribution is -0.138. The van der Waals surface area contributed by atoms with Crippen molar-refractivity contribution in [2.24, 2.45) is 7.05 Å². The Balaban J connectivity index is 1.93. The van der Waals surface area contributed by atoms with E-state index in [1.807, 2.05) is 0 Å². The molecule has 0 aliphatic rings. The van der Waals surface area contributed by atoms with E-state index in [0.29, 0.717) is 5.56 Å². The number of pyridine rings is 1. The van der Waals surface area contributed by atoms with Gasteiger partial charge in [-0.15, -0.1) is 0 Å². The second-order valence-corrected chi connectivity index (χ2v) is 6.47. The molecule has 0 saturated heterocycles. The van der Waals surface area contributed by atoms with Gasteiger partial charge in [-0.1, -0.05) is 24.3 Å². The molecule has 0 aliphatic heterocycles. The summed E-state index contributed by atoms with van der Waals surface area (Å²) < 4.78 is 40.7. The maximum absolute atomic E-state index is 13.3. The lowest BCUT2D eigenvalue weighted by Crippen LogP contribution is -2.30. The Kier molecular flexibility index (Phi) is 5.86. The maximum Gasteiger partial charge on any atom is 0.416 e. The van der Waals surface area contributed by atoms with Crippen LogP contribution in [0.4, 0.5) is 13.2 Å². The van der Waals surface area contributed by atoms with Crippen LogP contribution in [0.2, 0.25) is 0 Å². The summed E-state index contributed by atoms with van der Waals surface area (Å²) in [7, 11) is 1.26. The highest BCUT2D eigenvalue weighted by atomic mass is 19.4. The first-order valence-electron chi connectivity index (χ1n) is 8.79. The molecule has 3 rings (SSSR count). The smallest absolute Gasteiger partial charge is 0.416 e. The Morgan fingerprint density at radius 1 is 1.20 bits per heavy atom. The molecule has 0 bridgehead atoms. The van der Waals surface area contributed by atoms with Crippen molar-refractivity contribution in [2.45, 2.75) is 19.1 Å². The lowest BCUT2D eigenvalue weighted by Gasteiger charge is -2.15. The summed E-state index contributed by atoms with van der Waals surface area (Å²) in [5.74, 6) is -1.81. The monoisotopic (exact) mass is 418 g/mol. The van der Waals surface area contributed by atoms with Gasteiger partial charge in [0.1, 0.15) is 5.82 Å². The minimum atomic E-state index is -4.59. The van der Waals surface area contributed by atoms with Gasteiger partial charge in [-0.2, -0.15) is 13.2 Å². The number of hydrogen-bond acceptors (Lipinski definition) is 5. The number of alkyl halides is 3. The van der Waals surface area contributed by atoms with Crippen LogP contribution >= 0.6 is 0 Å². The minimum absolute atomic E-state index is 0.0647. The summed E-state index contributed by atoms with van der Waals surface area (Å²) in [6.45, 7) is 0.0647. The first-order chi connectivity index (χ1) is 14.2. The first kappa shape index (κ1) is 21.0. The van der Waals surface area contributed by atoms with Gasteiger partial charge in [0.2, 0.25) is 5.75 Å². The van der Waals surface area contributed by atoms with Gasteiger partial charge >= 0.3 is 6.18 Å². The van der Waals surface area contributed by atoms with Crippen molar-refractivity contribution in [3.05, 3.63) is 87.4 Å². The number of hydrogen-bond donors (Lipinski definition) is 2. The third-order valence-electron chi connectivity index (χ3n) is 4.42. The molecule has 0 aliphatic carbocycles. The molecule has 0 spiro atoms. The Morgan fingerprint density at radius 3 is 2.60 bits per heavy atom. The standard InChI is InChI=1S/C20H17F3N4O3/c1-27-15(9-13-6-2-3-7-14(13)20(21,22)23)26-16(17(28)19(27)30)18(29)25-11-12-5-4-8-24-10-12/h2-8,10,28H,9,11H2,1H3,(H,25,29). The molecule has 0 unspecified atom stereocenters. The van der Waals surface area contributed by atoms with Crippen molar-refractivity contribution in [1.82, 2.24) is 19.9 Å². The fourth-order valence-corrected chi connectivity index (χ4v) is 2.84. The van der Waals surface area contributed by atoms with E-state index in [9.17, 15) is 27.9 Å². The van der Waals surface area contributed by atoms with Crippen LogP contribution in [0.1, 0.15) is 33.0 Å². The van der Waals surface area contributed by atoms with E-state index >= 15 is 0 Å². The van der Waals surface area contributed by atoms with Crippen molar-refractivity contribution in [3.63, 3.8) is 0 Å². The van der Waals surface area contributed by atoms with Gasteiger partial charge in [-0.05, 0) is 23.3 Å². The second-order valence-electron chi connectivity index (χ2n) is 6.47. The van der Waals surface area contributed by atoms with E-state index < -0.39 is 34.6 Å². The molecule has 2 heterocycles. The molecule has 1 amide bonds. The fraction of sp³-hybridized carbons (Fsp3) is 0.200. The summed E-state index contributed by atoms with van der Waals surface area (Å²) in [6.07, 6.45) is -1.86. The zero-order chi connectivity index (χ0) is 21.9. The highest BCUT2D eigenvalue weighted by Gasteiger charge is 2.33. The molecule has 10 heteroatoms. The predicted octanol–water partition coefficient (Wildman–Crippen LogP) is 2.42. The van der Waals surface area contributed by atoms with Crippen molar-refractivity contribution in [3.8, 4) is 5.75 Å². The summed E-state index contributed by atoms with van der Waals surface area (Å²) in [5.41, 5.74) is -1.79. The summed E-state index contributed by atoms with van der Waals surface area (Å²) in [5, 5.41) is 12.6. The van der Waals surface area contributed by atoms with Gasteiger partial charge in [0.05, 0.1) is 5.56 Å². The third kappa shape index (κ3) is 4.48. The number of benzene rings is 1. The number of rotatable bonds is 5. The van der Waals surface area contributed by atoms with E-state index in [1.54, 1.807) is 18.3 Å². The number of carbonyl (C=O) groups is 1. The van der Waals surface area contributed by atoms with Crippen LogP contribution in [0.3, 0.4) is 0 Å². The fourth-order valence-electron chi connectivity index (χ4n) is 2.84. The summed E-state index contributed by atoms with van der Waals surface area (Å²) in [4.78, 5) is 32.7. The number of nitrogens with one attached hydrogen (secondary N) is 1. The maximum atomic E-state index is 13.3. The van der Waals surface area contributed by atoms with Crippen molar-refractivity contribution in [1.29, 1.82) is 0 Å². The van der Waals surface area contributed by atoms with Gasteiger partial charge < -0.3 is 10.4 Å². The van der Waals surface area contributed by atoms with E-state index in [2.05, 4.69) is 15.3 Å². The zero-order valence-electron chi connectivity index (χ0n) is 15.8. The number of aromatic nitrogens is 3. The molecular formula is C20H17F3N4O3. The Bertz CT molecular complexity index is 1130. The molecule has 1 aromatic carbocycles. The molecule has 3 aromatic rings. The molecular weight excluding hydrogens is 401 g/mol. The van der Waals surface area contributed by atoms with Gasteiger partial charge in [-0.25, -0.2) is 4.98 Å². The van der Waals surface area contributed by atoms with Crippen LogP contribution in [0.25, 0.3) is 0 Å². The van der Waals surface area contributed by atoms with Gasteiger partial charge in [0, 0.05) is 32.4 Å². The summed E-state index contributed by atoms with van der Waals surface area (Å²) in [6, 6.07) is 8.27. The Labute approximate surface area is 168 Å². The average molecular weight is 418 g/mol. The van der Waals surface area contributed by atoms with Crippen molar-refractivity contribution < 1.29 is 23.1 Å². The SMILES string of the molecule is Cn1c(Cc2ccccc2C(F)(F)F)nc(C(=O)NCc2cccnc2)c(O)c1=O. The van der Waals surface area contributed by atoms with E-state index in [-0.39, 0.29) is 24.4 Å². The number of nitrogens with zero attached hydrogens (tertiary/aromatic N) is 3. The second kappa shape index (κ2) is 8.36. The first-order valence-corrected chi connectivity index (χ1v) is 8.79. The molecule has 0 saturated carbocycles. The van der Waals surface area contributed by atoms with E-state index in [0.717, 1.165) is 10.6 Å². The van der Waals surface area contributed by atoms with E-state index in [1.165, 1.54) is 31.4 Å². The number of carbonyl (C=O) groups excluding carboxylic acids is 1. The molecule has 7 nitrogen and oxygen atoms in total. The van der Waals surface area contributed by atoms with Crippen LogP contribution in [-0.4, -0.2) is 25.5 Å². The van der Waals surface area contributed by atoms with Gasteiger partial charge in [0.15, 0.2) is 5.69 Å². The van der Waals surface area contributed by atoms with Crippen molar-refractivity contribution in [2.75, 3.05) is 0 Å². The summed E-state index contributed by atoms with van der Waals surface area (Å²) >= 11 is 0. The Hall–Kier alpha value is -3.69. The topological polar surface area (TPSA) is 97.1 Å². The lowest BCUT2D eigenvalue weighted by atomic mass is 10.0. The zero-order valence-corrected chi connectivity index (χ0v) is 15.8. The van der Waals surface area contributed by atoms with Crippen LogP contribution in [0.5, 0.6) is 5.75 Å². The number of amides is 1. The Morgan fingerprint density at radius 2 is 1.93 bits per heavy atom. The van der Waals surface area contributed by atoms with E-state index in [4.69, 9.17) is 0 Å². The molecule has 2 aromatic heterocycles. The molecule has 156 valence electrons. The third-order valence-corrected chi connectivity index (χ3v) is 4.42. The highest BCUT2D eigenvalue weighted by Crippen LogP contribution is 2.32. The average Bonchev–Trinajstić information content (AvgIpc) is 2.72. The van der Waals surface area contributed by atoms with Crippen LogP contribution in [0.15, 0.2) is 53.6 Å². The predicted molar refractivity (Wildman–Crippen MR) is 101 cm³/mol. The molecule has 2 N–H and O–H groups in total. The number of halogens is 3. The molecule has 30 heavy (non-hydrogen) atoms. The number of aromatic hydroxyl groups is 1. The largest absolute Gasteiger partial charge is 0.501 e. The van der Waals surface area contributed by atoms with Crippen LogP contribution in [-0.2, 0) is 26.2 Å². The quantitative estimate of drug-likeness (QED) is 0.663. The normalized spacial score (nSPS) is 11.3. The highest BCUT2D eigenvalue weighted by molar-refractivity contribution is 5.94. The van der Waals surface area contributed by atoms with Crippen molar-refractivity contribution >= 4 is 5.91 Å². The minimum Gasteiger partial charge on any atom is -0.501 e. The van der Waals surface area contributed by atoms with Crippen LogP contribution in [0, 0.1) is 0 Å². The molecule has 0 radical (unpaired) electrons. The molecule has 0 fully saturated rings.